The molecule has 0 aromatic carbocycles. The largest absolute Gasteiger partial charge is 0.299 e. The first-order valence-corrected chi connectivity index (χ1v) is 5.72. The van der Waals surface area contributed by atoms with Gasteiger partial charge in [0.05, 0.1) is 6.33 Å². The third-order valence-corrected chi connectivity index (χ3v) is 2.50. The summed E-state index contributed by atoms with van der Waals surface area (Å²) in [6.45, 7) is 0.712. The van der Waals surface area contributed by atoms with Crippen LogP contribution in [0.4, 0.5) is 0 Å². The first-order valence-electron chi connectivity index (χ1n) is 3.95. The Labute approximate surface area is 86.1 Å². The maximum absolute atomic E-state index is 11.3. The van der Waals surface area contributed by atoms with E-state index in [4.69, 9.17) is 11.6 Å². The molecule has 0 atom stereocenters. The minimum absolute atomic E-state index is 0.0823. The smallest absolute Gasteiger partial charge is 0.254 e. The first kappa shape index (κ1) is 10.6. The van der Waals surface area contributed by atoms with Gasteiger partial charge in [-0.1, -0.05) is 11.6 Å². The Morgan fingerprint density at radius 2 is 2.46 bits per heavy atom. The van der Waals surface area contributed by atoms with Gasteiger partial charge in [0.15, 0.2) is 0 Å². The van der Waals surface area contributed by atoms with Gasteiger partial charge in [-0.05, 0) is 18.4 Å². The summed E-state index contributed by atoms with van der Waals surface area (Å²) in [5, 5.41) is 0.256. The number of halogens is 1. The lowest BCUT2D eigenvalue weighted by Crippen LogP contribution is -2.19. The highest BCUT2D eigenvalue weighted by atomic mass is 35.5. The minimum Gasteiger partial charge on any atom is -0.299 e. The highest BCUT2D eigenvalue weighted by Crippen LogP contribution is 1.99. The molecule has 1 aromatic rings. The van der Waals surface area contributed by atoms with Crippen LogP contribution in [0, 0.1) is 0 Å². The number of aryl methyl sites for hydroxylation is 1. The predicted molar refractivity (Wildman–Crippen MR) is 56.5 cm³/mol. The Morgan fingerprint density at radius 3 is 3.08 bits per heavy atom. The molecule has 0 fully saturated rings. The van der Waals surface area contributed by atoms with E-state index < -0.39 is 0 Å². The second kappa shape index (κ2) is 5.29. The van der Waals surface area contributed by atoms with Crippen LogP contribution in [0.25, 0.3) is 0 Å². The summed E-state index contributed by atoms with van der Waals surface area (Å²) in [7, 11) is 0. The van der Waals surface area contributed by atoms with Gasteiger partial charge in [0.1, 0.15) is 5.15 Å². The summed E-state index contributed by atoms with van der Waals surface area (Å²) in [6.07, 6.45) is 4.51. The van der Waals surface area contributed by atoms with Crippen LogP contribution in [-0.4, -0.2) is 21.6 Å². The van der Waals surface area contributed by atoms with Crippen molar-refractivity contribution >= 4 is 23.4 Å². The Bertz CT molecular complexity index is 326. The number of hydrogen-bond acceptors (Lipinski definition) is 3. The zero-order valence-corrected chi connectivity index (χ0v) is 8.94. The van der Waals surface area contributed by atoms with Crippen LogP contribution in [0.3, 0.4) is 0 Å². The third-order valence-electron chi connectivity index (χ3n) is 1.59. The molecule has 3 nitrogen and oxygen atoms in total. The van der Waals surface area contributed by atoms with E-state index in [1.54, 1.807) is 16.3 Å². The van der Waals surface area contributed by atoms with Crippen LogP contribution in [-0.2, 0) is 6.54 Å². The van der Waals surface area contributed by atoms with E-state index in [-0.39, 0.29) is 10.7 Å². The quantitative estimate of drug-likeness (QED) is 0.570. The number of aromatic nitrogens is 2. The van der Waals surface area contributed by atoms with Crippen LogP contribution < -0.4 is 5.56 Å². The van der Waals surface area contributed by atoms with E-state index in [1.807, 2.05) is 6.26 Å². The van der Waals surface area contributed by atoms with Crippen molar-refractivity contribution in [2.45, 2.75) is 13.0 Å². The topological polar surface area (TPSA) is 34.9 Å². The second-order valence-electron chi connectivity index (χ2n) is 2.59. The summed E-state index contributed by atoms with van der Waals surface area (Å²) in [5.74, 6) is 1.05. The summed E-state index contributed by atoms with van der Waals surface area (Å²) in [4.78, 5) is 15.1. The second-order valence-corrected chi connectivity index (χ2v) is 3.96. The fourth-order valence-corrected chi connectivity index (χ4v) is 1.51. The molecule has 0 bridgehead atoms. The number of hydrogen-bond donors (Lipinski definition) is 0. The average molecular weight is 219 g/mol. The normalized spacial score (nSPS) is 10.3. The molecule has 0 saturated carbocycles. The Balaban J connectivity index is 2.62. The van der Waals surface area contributed by atoms with Crippen LogP contribution in [0.15, 0.2) is 17.2 Å². The van der Waals surface area contributed by atoms with E-state index in [2.05, 4.69) is 4.98 Å². The average Bonchev–Trinajstić information content (AvgIpc) is 2.09. The zero-order valence-electron chi connectivity index (χ0n) is 7.36. The molecule has 13 heavy (non-hydrogen) atoms. The molecule has 0 unspecified atom stereocenters. The van der Waals surface area contributed by atoms with Crippen LogP contribution in [0.1, 0.15) is 6.42 Å². The lowest BCUT2D eigenvalue weighted by molar-refractivity contribution is 0.645. The lowest BCUT2D eigenvalue weighted by atomic mass is 10.4. The number of nitrogens with zero attached hydrogens (tertiary/aromatic N) is 2. The van der Waals surface area contributed by atoms with Gasteiger partial charge in [0, 0.05) is 12.6 Å². The van der Waals surface area contributed by atoms with Gasteiger partial charge in [-0.15, -0.1) is 0 Å². The van der Waals surface area contributed by atoms with Crippen molar-refractivity contribution in [1.29, 1.82) is 0 Å². The molecular weight excluding hydrogens is 208 g/mol. The fraction of sp³-hybridized carbons (Fsp3) is 0.500. The number of rotatable bonds is 4. The molecule has 0 N–H and O–H groups in total. The van der Waals surface area contributed by atoms with Crippen LogP contribution >= 0.6 is 23.4 Å². The van der Waals surface area contributed by atoms with Crippen molar-refractivity contribution in [3.05, 3.63) is 27.9 Å². The fourth-order valence-electron chi connectivity index (χ4n) is 0.951. The summed E-state index contributed by atoms with van der Waals surface area (Å²) in [5.41, 5.74) is -0.0823. The van der Waals surface area contributed by atoms with E-state index in [0.29, 0.717) is 6.54 Å². The van der Waals surface area contributed by atoms with E-state index in [9.17, 15) is 4.79 Å². The number of thioether (sulfide) groups is 1. The molecule has 1 heterocycles. The highest BCUT2D eigenvalue weighted by molar-refractivity contribution is 7.98. The van der Waals surface area contributed by atoms with Crippen molar-refractivity contribution in [3.8, 4) is 0 Å². The highest BCUT2D eigenvalue weighted by Gasteiger charge is 1.96. The van der Waals surface area contributed by atoms with Gasteiger partial charge in [-0.25, -0.2) is 4.98 Å². The molecule has 0 saturated heterocycles. The zero-order chi connectivity index (χ0) is 9.68. The van der Waals surface area contributed by atoms with Crippen molar-refractivity contribution < 1.29 is 0 Å². The molecule has 0 radical (unpaired) electrons. The molecule has 1 rings (SSSR count). The molecule has 0 aliphatic carbocycles. The maximum Gasteiger partial charge on any atom is 0.254 e. The third kappa shape index (κ3) is 3.40. The van der Waals surface area contributed by atoms with Gasteiger partial charge >= 0.3 is 0 Å². The molecule has 0 aliphatic heterocycles. The summed E-state index contributed by atoms with van der Waals surface area (Å²) in [6, 6.07) is 1.33. The molecule has 0 aliphatic rings. The van der Waals surface area contributed by atoms with Crippen LogP contribution in [0.5, 0.6) is 0 Å². The molecule has 0 spiro atoms. The van der Waals surface area contributed by atoms with Gasteiger partial charge < -0.3 is 0 Å². The van der Waals surface area contributed by atoms with Crippen molar-refractivity contribution in [3.63, 3.8) is 0 Å². The predicted octanol–water partition coefficient (Wildman–Crippen LogP) is 1.65. The van der Waals surface area contributed by atoms with Crippen molar-refractivity contribution in [2.24, 2.45) is 0 Å². The lowest BCUT2D eigenvalue weighted by Gasteiger charge is -2.02. The maximum atomic E-state index is 11.3. The molecule has 72 valence electrons. The van der Waals surface area contributed by atoms with E-state index in [0.717, 1.165) is 12.2 Å². The van der Waals surface area contributed by atoms with Crippen LogP contribution in [0.2, 0.25) is 5.15 Å². The van der Waals surface area contributed by atoms with Gasteiger partial charge in [-0.2, -0.15) is 11.8 Å². The monoisotopic (exact) mass is 218 g/mol. The summed E-state index contributed by atoms with van der Waals surface area (Å²) >= 11 is 7.32. The van der Waals surface area contributed by atoms with Crippen molar-refractivity contribution in [1.82, 2.24) is 9.55 Å². The van der Waals surface area contributed by atoms with Gasteiger partial charge in [0.25, 0.3) is 5.56 Å². The molecule has 5 heteroatoms. The molecule has 1 aromatic heterocycles. The van der Waals surface area contributed by atoms with E-state index in [1.165, 1.54) is 12.4 Å². The molecular formula is C8H11ClN2OS. The Hall–Kier alpha value is -0.480. The molecule has 0 amide bonds. The standard InChI is InChI=1S/C8H11ClN2OS/c1-13-4-2-3-11-6-10-7(9)5-8(11)12/h5-6H,2-4H2,1H3. The Morgan fingerprint density at radius 1 is 1.69 bits per heavy atom. The van der Waals surface area contributed by atoms with Gasteiger partial charge in [0.2, 0.25) is 0 Å². The Kier molecular flexibility index (Phi) is 4.32. The minimum atomic E-state index is -0.0823. The first-order chi connectivity index (χ1) is 6.24. The van der Waals surface area contributed by atoms with Crippen molar-refractivity contribution in [2.75, 3.05) is 12.0 Å². The summed E-state index contributed by atoms with van der Waals surface area (Å²) < 4.78 is 1.57. The SMILES string of the molecule is CSCCCn1cnc(Cl)cc1=O. The van der Waals surface area contributed by atoms with Gasteiger partial charge in [-0.3, -0.25) is 9.36 Å². The van der Waals surface area contributed by atoms with E-state index >= 15 is 0 Å².